The average molecular weight is 219 g/mol. The van der Waals surface area contributed by atoms with E-state index >= 15 is 0 Å². The highest BCUT2D eigenvalue weighted by atomic mass is 16.5. The van der Waals surface area contributed by atoms with Crippen molar-refractivity contribution in [3.8, 4) is 0 Å². The number of H-pyrrole nitrogens is 1. The molecule has 0 unspecified atom stereocenters. The van der Waals surface area contributed by atoms with Gasteiger partial charge in [-0.1, -0.05) is 6.92 Å². The lowest BCUT2D eigenvalue weighted by molar-refractivity contribution is 0.107. The Balaban J connectivity index is 2.38. The monoisotopic (exact) mass is 219 g/mol. The van der Waals surface area contributed by atoms with Crippen LogP contribution >= 0.6 is 0 Å². The molecule has 0 bridgehead atoms. The van der Waals surface area contributed by atoms with Gasteiger partial charge < -0.3 is 9.72 Å². The van der Waals surface area contributed by atoms with Gasteiger partial charge in [-0.25, -0.2) is 4.52 Å². The van der Waals surface area contributed by atoms with Gasteiger partial charge in [-0.2, -0.15) is 5.10 Å². The van der Waals surface area contributed by atoms with Gasteiger partial charge in [-0.15, -0.1) is 0 Å². The van der Waals surface area contributed by atoms with Crippen LogP contribution < -0.4 is 5.56 Å². The first-order valence-corrected chi connectivity index (χ1v) is 5.49. The quantitative estimate of drug-likeness (QED) is 0.766. The Morgan fingerprint density at radius 1 is 1.62 bits per heavy atom. The molecule has 0 aliphatic carbocycles. The highest BCUT2D eigenvalue weighted by Crippen LogP contribution is 2.16. The summed E-state index contributed by atoms with van der Waals surface area (Å²) in [6.07, 6.45) is 3.44. The van der Waals surface area contributed by atoms with E-state index in [0.717, 1.165) is 29.7 Å². The van der Waals surface area contributed by atoms with Crippen LogP contribution in [0.5, 0.6) is 0 Å². The lowest BCUT2D eigenvalue weighted by Gasteiger charge is -2.16. The fourth-order valence-corrected chi connectivity index (χ4v) is 2.17. The standard InChI is InChI=1S/C11H13N3O2/c1-2-7-5-12-14-9-3-4-16-6-8(9)11(15)13-10(7)14/h5H,2-4,6H2,1H3,(H,13,15). The summed E-state index contributed by atoms with van der Waals surface area (Å²) in [5.41, 5.74) is 3.56. The van der Waals surface area contributed by atoms with E-state index in [1.165, 1.54) is 0 Å². The van der Waals surface area contributed by atoms with Gasteiger partial charge in [0.1, 0.15) is 5.65 Å². The maximum Gasteiger partial charge on any atom is 0.256 e. The van der Waals surface area contributed by atoms with Crippen molar-refractivity contribution in [2.24, 2.45) is 0 Å². The van der Waals surface area contributed by atoms with Crippen molar-refractivity contribution in [1.29, 1.82) is 0 Å². The normalized spacial score (nSPS) is 15.3. The van der Waals surface area contributed by atoms with E-state index in [0.29, 0.717) is 18.8 Å². The molecular formula is C11H13N3O2. The van der Waals surface area contributed by atoms with Crippen LogP contribution in [0.25, 0.3) is 5.65 Å². The number of aromatic amines is 1. The predicted molar refractivity (Wildman–Crippen MR) is 58.6 cm³/mol. The van der Waals surface area contributed by atoms with Gasteiger partial charge in [0.05, 0.1) is 30.7 Å². The van der Waals surface area contributed by atoms with E-state index in [4.69, 9.17) is 4.74 Å². The molecule has 1 N–H and O–H groups in total. The number of hydrogen-bond donors (Lipinski definition) is 1. The molecule has 5 nitrogen and oxygen atoms in total. The Bertz CT molecular complexity index is 597. The maximum absolute atomic E-state index is 11.9. The summed E-state index contributed by atoms with van der Waals surface area (Å²) in [5.74, 6) is 0. The molecule has 3 rings (SSSR count). The molecule has 0 saturated heterocycles. The molecule has 1 aliphatic rings. The molecule has 0 atom stereocenters. The summed E-state index contributed by atoms with van der Waals surface area (Å²) >= 11 is 0. The van der Waals surface area contributed by atoms with Gasteiger partial charge in [0, 0.05) is 12.0 Å². The number of aromatic nitrogens is 3. The van der Waals surface area contributed by atoms with Crippen molar-refractivity contribution in [2.45, 2.75) is 26.4 Å². The summed E-state index contributed by atoms with van der Waals surface area (Å²) < 4.78 is 7.14. The molecule has 3 heterocycles. The second-order valence-corrected chi connectivity index (χ2v) is 3.97. The summed E-state index contributed by atoms with van der Waals surface area (Å²) in [5, 5.41) is 4.33. The molecule has 0 radical (unpaired) electrons. The average Bonchev–Trinajstić information content (AvgIpc) is 2.72. The van der Waals surface area contributed by atoms with Gasteiger partial charge in [-0.05, 0) is 6.42 Å². The largest absolute Gasteiger partial charge is 0.376 e. The summed E-state index contributed by atoms with van der Waals surface area (Å²) in [4.78, 5) is 14.7. The Hall–Kier alpha value is -1.62. The smallest absolute Gasteiger partial charge is 0.256 e. The molecule has 0 fully saturated rings. The Kier molecular flexibility index (Phi) is 2.07. The third-order valence-electron chi connectivity index (χ3n) is 3.07. The van der Waals surface area contributed by atoms with E-state index in [9.17, 15) is 4.79 Å². The van der Waals surface area contributed by atoms with Crippen molar-refractivity contribution in [3.05, 3.63) is 33.4 Å². The third kappa shape index (κ3) is 1.21. The van der Waals surface area contributed by atoms with Crippen molar-refractivity contribution in [3.63, 3.8) is 0 Å². The van der Waals surface area contributed by atoms with Gasteiger partial charge >= 0.3 is 0 Å². The first-order valence-electron chi connectivity index (χ1n) is 5.49. The van der Waals surface area contributed by atoms with Gasteiger partial charge in [0.2, 0.25) is 0 Å². The number of nitrogens with zero attached hydrogens (tertiary/aromatic N) is 2. The van der Waals surface area contributed by atoms with Crippen molar-refractivity contribution < 1.29 is 4.74 Å². The second-order valence-electron chi connectivity index (χ2n) is 3.97. The highest BCUT2D eigenvalue weighted by Gasteiger charge is 2.18. The van der Waals surface area contributed by atoms with E-state index in [1.54, 1.807) is 0 Å². The van der Waals surface area contributed by atoms with Crippen LogP contribution in [-0.4, -0.2) is 21.2 Å². The van der Waals surface area contributed by atoms with Gasteiger partial charge in [0.15, 0.2) is 0 Å². The number of rotatable bonds is 1. The minimum absolute atomic E-state index is 0.0441. The van der Waals surface area contributed by atoms with Crippen molar-refractivity contribution in [1.82, 2.24) is 14.6 Å². The molecule has 84 valence electrons. The molecule has 2 aromatic rings. The molecule has 0 amide bonds. The molecule has 0 saturated carbocycles. The fraction of sp³-hybridized carbons (Fsp3) is 0.455. The van der Waals surface area contributed by atoms with E-state index in [1.807, 2.05) is 10.7 Å². The van der Waals surface area contributed by atoms with E-state index in [-0.39, 0.29) is 5.56 Å². The van der Waals surface area contributed by atoms with Crippen LogP contribution in [-0.2, 0) is 24.2 Å². The van der Waals surface area contributed by atoms with Gasteiger partial charge in [0.25, 0.3) is 5.56 Å². The summed E-state index contributed by atoms with van der Waals surface area (Å²) in [7, 11) is 0. The first kappa shape index (κ1) is 9.59. The zero-order valence-electron chi connectivity index (χ0n) is 9.12. The topological polar surface area (TPSA) is 59.4 Å². The molecule has 5 heteroatoms. The van der Waals surface area contributed by atoms with Gasteiger partial charge in [-0.3, -0.25) is 4.79 Å². The zero-order chi connectivity index (χ0) is 11.1. The van der Waals surface area contributed by atoms with Crippen LogP contribution in [0.15, 0.2) is 11.0 Å². The molecular weight excluding hydrogens is 206 g/mol. The minimum Gasteiger partial charge on any atom is -0.376 e. The highest BCUT2D eigenvalue weighted by molar-refractivity contribution is 5.48. The summed E-state index contributed by atoms with van der Waals surface area (Å²) in [6.45, 7) is 3.10. The van der Waals surface area contributed by atoms with Crippen LogP contribution in [0.4, 0.5) is 0 Å². The third-order valence-corrected chi connectivity index (χ3v) is 3.07. The zero-order valence-corrected chi connectivity index (χ0v) is 9.12. The molecule has 1 aliphatic heterocycles. The van der Waals surface area contributed by atoms with Crippen LogP contribution in [0.3, 0.4) is 0 Å². The molecule has 16 heavy (non-hydrogen) atoms. The number of hydrogen-bond acceptors (Lipinski definition) is 3. The Morgan fingerprint density at radius 2 is 2.50 bits per heavy atom. The van der Waals surface area contributed by atoms with Crippen LogP contribution in [0.2, 0.25) is 0 Å². The Morgan fingerprint density at radius 3 is 3.31 bits per heavy atom. The maximum atomic E-state index is 11.9. The van der Waals surface area contributed by atoms with Crippen LogP contribution in [0, 0.1) is 0 Å². The van der Waals surface area contributed by atoms with Crippen LogP contribution in [0.1, 0.15) is 23.7 Å². The first-order chi connectivity index (χ1) is 7.81. The number of ether oxygens (including phenoxy) is 1. The minimum atomic E-state index is -0.0441. The lowest BCUT2D eigenvalue weighted by Crippen LogP contribution is -2.25. The van der Waals surface area contributed by atoms with E-state index in [2.05, 4.69) is 17.0 Å². The van der Waals surface area contributed by atoms with E-state index < -0.39 is 0 Å². The number of aryl methyl sites for hydroxylation is 1. The SMILES string of the molecule is CCc1cnn2c3c(c(=O)[nH]c12)COCC3. The van der Waals surface area contributed by atoms with Crippen molar-refractivity contribution >= 4 is 5.65 Å². The fourth-order valence-electron chi connectivity index (χ4n) is 2.17. The molecule has 0 aromatic carbocycles. The summed E-state index contributed by atoms with van der Waals surface area (Å²) in [6, 6.07) is 0. The predicted octanol–water partition coefficient (Wildman–Crippen LogP) is 0.658. The molecule has 2 aromatic heterocycles. The number of fused-ring (bicyclic) bond motifs is 3. The molecule has 0 spiro atoms. The second kappa shape index (κ2) is 3.45. The Labute approximate surface area is 92.1 Å². The lowest BCUT2D eigenvalue weighted by atomic mass is 10.1. The van der Waals surface area contributed by atoms with Crippen molar-refractivity contribution in [2.75, 3.05) is 6.61 Å². The number of nitrogens with one attached hydrogen (secondary N) is 1.